The van der Waals surface area contributed by atoms with E-state index in [2.05, 4.69) is 25.2 Å². The molecule has 1 saturated heterocycles. The van der Waals surface area contributed by atoms with Gasteiger partial charge < -0.3 is 5.32 Å². The monoisotopic (exact) mass is 232 g/mol. The predicted octanol–water partition coefficient (Wildman–Crippen LogP) is 2.75. The summed E-state index contributed by atoms with van der Waals surface area (Å²) >= 11 is 0. The zero-order chi connectivity index (χ0) is 12.5. The number of nitrogens with one attached hydrogen (secondary N) is 1. The first kappa shape index (κ1) is 12.1. The molecular formula is C14H17FN2. The first-order valence-electron chi connectivity index (χ1n) is 5.90. The van der Waals surface area contributed by atoms with Crippen LogP contribution >= 0.6 is 0 Å². The molecule has 0 aliphatic carbocycles. The molecule has 0 amide bonds. The van der Waals surface area contributed by atoms with Gasteiger partial charge in [0.25, 0.3) is 0 Å². The smallest absolute Gasteiger partial charge is 0.128 e. The normalized spacial score (nSPS) is 27.4. The Hall–Kier alpha value is -1.40. The maximum absolute atomic E-state index is 13.9. The Morgan fingerprint density at radius 2 is 2.06 bits per heavy atom. The quantitative estimate of drug-likeness (QED) is 0.808. The molecule has 1 N–H and O–H groups in total. The average Bonchev–Trinajstić information content (AvgIpc) is 2.28. The van der Waals surface area contributed by atoms with Gasteiger partial charge in [-0.15, -0.1) is 0 Å². The van der Waals surface area contributed by atoms with E-state index in [0.29, 0.717) is 18.4 Å². The standard InChI is InChI=1S/C14H17FN2/c1-13(2)9-14(10-16,7-8-17-13)11-5-3-4-6-12(11)15/h3-6,17H,7-9H2,1-2H3. The van der Waals surface area contributed by atoms with Gasteiger partial charge in [0.15, 0.2) is 0 Å². The first-order valence-corrected chi connectivity index (χ1v) is 5.90. The third-order valence-electron chi connectivity index (χ3n) is 3.50. The lowest BCUT2D eigenvalue weighted by molar-refractivity contribution is 0.229. The van der Waals surface area contributed by atoms with Crippen LogP contribution in [-0.2, 0) is 5.41 Å². The van der Waals surface area contributed by atoms with Gasteiger partial charge >= 0.3 is 0 Å². The summed E-state index contributed by atoms with van der Waals surface area (Å²) in [6.45, 7) is 4.85. The molecule has 1 atom stereocenters. The summed E-state index contributed by atoms with van der Waals surface area (Å²) in [5.41, 5.74) is -0.284. The fourth-order valence-corrected chi connectivity index (χ4v) is 2.75. The van der Waals surface area contributed by atoms with E-state index in [-0.39, 0.29) is 11.4 Å². The summed E-state index contributed by atoms with van der Waals surface area (Å²) in [7, 11) is 0. The third-order valence-corrected chi connectivity index (χ3v) is 3.50. The highest BCUT2D eigenvalue weighted by atomic mass is 19.1. The minimum atomic E-state index is -0.694. The third kappa shape index (κ3) is 2.18. The Balaban J connectivity index is 2.46. The van der Waals surface area contributed by atoms with E-state index < -0.39 is 5.41 Å². The SMILES string of the molecule is CC1(C)CC(C#N)(c2ccccc2F)CCN1. The predicted molar refractivity (Wildman–Crippen MR) is 65.0 cm³/mol. The second-order valence-electron chi connectivity index (χ2n) is 5.41. The summed E-state index contributed by atoms with van der Waals surface area (Å²) < 4.78 is 13.9. The Labute approximate surface area is 101 Å². The average molecular weight is 232 g/mol. The summed E-state index contributed by atoms with van der Waals surface area (Å²) in [6, 6.07) is 8.98. The summed E-state index contributed by atoms with van der Waals surface area (Å²) in [4.78, 5) is 0. The van der Waals surface area contributed by atoms with Gasteiger partial charge in [-0.05, 0) is 39.3 Å². The van der Waals surface area contributed by atoms with E-state index in [9.17, 15) is 9.65 Å². The lowest BCUT2D eigenvalue weighted by Gasteiger charge is -2.42. The van der Waals surface area contributed by atoms with Crippen molar-refractivity contribution in [2.24, 2.45) is 0 Å². The highest BCUT2D eigenvalue weighted by molar-refractivity contribution is 5.35. The van der Waals surface area contributed by atoms with Crippen LogP contribution in [0.4, 0.5) is 4.39 Å². The van der Waals surface area contributed by atoms with Crippen molar-refractivity contribution < 1.29 is 4.39 Å². The molecule has 0 bridgehead atoms. The minimum Gasteiger partial charge on any atom is -0.312 e. The zero-order valence-electron chi connectivity index (χ0n) is 10.3. The largest absolute Gasteiger partial charge is 0.312 e. The molecule has 1 aliphatic heterocycles. The van der Waals surface area contributed by atoms with E-state index in [1.54, 1.807) is 18.2 Å². The molecule has 90 valence electrons. The van der Waals surface area contributed by atoms with Crippen molar-refractivity contribution in [3.8, 4) is 6.07 Å². The number of nitrogens with zero attached hydrogens (tertiary/aromatic N) is 1. The van der Waals surface area contributed by atoms with E-state index >= 15 is 0 Å². The Morgan fingerprint density at radius 3 is 2.65 bits per heavy atom. The van der Waals surface area contributed by atoms with Gasteiger partial charge in [0.05, 0.1) is 11.5 Å². The summed E-state index contributed by atoms with van der Waals surface area (Å²) in [5, 5.41) is 12.9. The van der Waals surface area contributed by atoms with E-state index in [0.717, 1.165) is 6.54 Å². The van der Waals surface area contributed by atoms with E-state index in [4.69, 9.17) is 0 Å². The van der Waals surface area contributed by atoms with Gasteiger partial charge in [-0.25, -0.2) is 4.39 Å². The number of hydrogen-bond acceptors (Lipinski definition) is 2. The fraction of sp³-hybridized carbons (Fsp3) is 0.500. The van der Waals surface area contributed by atoms with E-state index in [1.807, 2.05) is 0 Å². The Morgan fingerprint density at radius 1 is 1.35 bits per heavy atom. The Bertz CT molecular complexity index is 462. The molecule has 1 fully saturated rings. The van der Waals surface area contributed by atoms with Gasteiger partial charge in [-0.3, -0.25) is 0 Å². The molecule has 1 unspecified atom stereocenters. The maximum atomic E-state index is 13.9. The van der Waals surface area contributed by atoms with Crippen LogP contribution in [0.1, 0.15) is 32.3 Å². The second-order valence-corrected chi connectivity index (χ2v) is 5.41. The minimum absolute atomic E-state index is 0.129. The van der Waals surface area contributed by atoms with Gasteiger partial charge in [0.1, 0.15) is 5.82 Å². The highest BCUT2D eigenvalue weighted by Crippen LogP contribution is 2.39. The van der Waals surface area contributed by atoms with Crippen molar-refractivity contribution in [3.63, 3.8) is 0 Å². The number of rotatable bonds is 1. The molecule has 3 heteroatoms. The molecular weight excluding hydrogens is 215 g/mol. The number of nitriles is 1. The van der Waals surface area contributed by atoms with Crippen molar-refractivity contribution in [3.05, 3.63) is 35.6 Å². The van der Waals surface area contributed by atoms with Crippen LogP contribution in [0.5, 0.6) is 0 Å². The number of hydrogen-bond donors (Lipinski definition) is 1. The molecule has 0 spiro atoms. The van der Waals surface area contributed by atoms with Crippen molar-refractivity contribution >= 4 is 0 Å². The lowest BCUT2D eigenvalue weighted by atomic mass is 9.68. The van der Waals surface area contributed by atoms with Crippen LogP contribution in [0.15, 0.2) is 24.3 Å². The molecule has 0 aromatic heterocycles. The number of halogens is 1. The maximum Gasteiger partial charge on any atom is 0.128 e. The van der Waals surface area contributed by atoms with Crippen LogP contribution < -0.4 is 5.32 Å². The second kappa shape index (κ2) is 4.12. The molecule has 0 radical (unpaired) electrons. The summed E-state index contributed by atoms with van der Waals surface area (Å²) in [6.07, 6.45) is 1.30. The lowest BCUT2D eigenvalue weighted by Crippen LogP contribution is -2.52. The Kier molecular flexibility index (Phi) is 2.92. The molecule has 1 aromatic rings. The highest BCUT2D eigenvalue weighted by Gasteiger charge is 2.42. The fourth-order valence-electron chi connectivity index (χ4n) is 2.75. The van der Waals surface area contributed by atoms with Crippen molar-refractivity contribution in [2.45, 2.75) is 37.6 Å². The molecule has 2 nitrogen and oxygen atoms in total. The summed E-state index contributed by atoms with van der Waals surface area (Å²) in [5.74, 6) is -0.272. The topological polar surface area (TPSA) is 35.8 Å². The first-order chi connectivity index (χ1) is 7.99. The molecule has 17 heavy (non-hydrogen) atoms. The van der Waals surface area contributed by atoms with Crippen LogP contribution in [0.3, 0.4) is 0 Å². The zero-order valence-corrected chi connectivity index (χ0v) is 10.3. The van der Waals surface area contributed by atoms with Gasteiger partial charge in [0.2, 0.25) is 0 Å². The molecule has 0 saturated carbocycles. The van der Waals surface area contributed by atoms with Crippen LogP contribution in [-0.4, -0.2) is 12.1 Å². The van der Waals surface area contributed by atoms with Crippen LogP contribution in [0.2, 0.25) is 0 Å². The molecule has 1 aliphatic rings. The van der Waals surface area contributed by atoms with Gasteiger partial charge in [0, 0.05) is 11.1 Å². The van der Waals surface area contributed by atoms with Crippen molar-refractivity contribution in [1.82, 2.24) is 5.32 Å². The van der Waals surface area contributed by atoms with Crippen LogP contribution in [0, 0.1) is 17.1 Å². The van der Waals surface area contributed by atoms with Gasteiger partial charge in [-0.2, -0.15) is 5.26 Å². The molecule has 1 aromatic carbocycles. The number of piperidine rings is 1. The van der Waals surface area contributed by atoms with Crippen molar-refractivity contribution in [2.75, 3.05) is 6.54 Å². The van der Waals surface area contributed by atoms with E-state index in [1.165, 1.54) is 6.07 Å². The van der Waals surface area contributed by atoms with Crippen LogP contribution in [0.25, 0.3) is 0 Å². The van der Waals surface area contributed by atoms with Crippen molar-refractivity contribution in [1.29, 1.82) is 5.26 Å². The molecule has 1 heterocycles. The van der Waals surface area contributed by atoms with Gasteiger partial charge in [-0.1, -0.05) is 18.2 Å². The molecule has 2 rings (SSSR count). The number of benzene rings is 1.